The van der Waals surface area contributed by atoms with Gasteiger partial charge < -0.3 is 9.47 Å². The Labute approximate surface area is 141 Å². The first-order valence-corrected chi connectivity index (χ1v) is 8.27. The number of methoxy groups -OCH3 is 1. The van der Waals surface area contributed by atoms with Crippen molar-refractivity contribution in [3.8, 4) is 11.5 Å². The monoisotopic (exact) mass is 332 g/mol. The minimum absolute atomic E-state index is 0.0328. The molecule has 130 valence electrons. The van der Waals surface area contributed by atoms with Crippen molar-refractivity contribution in [2.24, 2.45) is 7.05 Å². The van der Waals surface area contributed by atoms with E-state index in [1.807, 2.05) is 19.1 Å². The third-order valence-electron chi connectivity index (χ3n) is 4.31. The molecule has 2 heterocycles. The second-order valence-corrected chi connectivity index (χ2v) is 5.92. The van der Waals surface area contributed by atoms with Gasteiger partial charge in [-0.2, -0.15) is 5.10 Å². The molecule has 0 atom stereocenters. The third kappa shape index (κ3) is 3.31. The van der Waals surface area contributed by atoms with Crippen molar-refractivity contribution in [1.29, 1.82) is 0 Å². The highest BCUT2D eigenvalue weighted by Gasteiger charge is 2.18. The first-order valence-electron chi connectivity index (χ1n) is 8.27. The Kier molecular flexibility index (Phi) is 4.89. The van der Waals surface area contributed by atoms with Gasteiger partial charge in [0.2, 0.25) is 0 Å². The van der Waals surface area contributed by atoms with Crippen LogP contribution < -0.4 is 15.2 Å². The van der Waals surface area contributed by atoms with Crippen LogP contribution in [-0.4, -0.2) is 46.1 Å². The highest BCUT2D eigenvalue weighted by Crippen LogP contribution is 2.28. The van der Waals surface area contributed by atoms with E-state index in [1.165, 1.54) is 10.2 Å². The molecule has 0 unspecified atom stereocenters. The van der Waals surface area contributed by atoms with Gasteiger partial charge in [0.1, 0.15) is 5.82 Å². The van der Waals surface area contributed by atoms with Gasteiger partial charge in [-0.1, -0.05) is 6.07 Å². The number of fused-ring (bicyclic) bond motifs is 1. The molecule has 3 rings (SSSR count). The number of rotatable bonds is 5. The molecule has 0 amide bonds. The van der Waals surface area contributed by atoms with Crippen molar-refractivity contribution in [2.75, 3.05) is 26.8 Å². The molecule has 24 heavy (non-hydrogen) atoms. The maximum atomic E-state index is 12.0. The SMILES string of the molecule is CCOc1ccc(CN2CCc3nn(C)c(=O)n3CC2)cc1OC. The van der Waals surface area contributed by atoms with Gasteiger partial charge in [0.15, 0.2) is 11.5 Å². The number of benzene rings is 1. The zero-order valence-corrected chi connectivity index (χ0v) is 14.5. The maximum Gasteiger partial charge on any atom is 0.345 e. The molecule has 0 N–H and O–H groups in total. The van der Waals surface area contributed by atoms with Crippen molar-refractivity contribution >= 4 is 0 Å². The Balaban J connectivity index is 1.70. The molecule has 0 aliphatic carbocycles. The summed E-state index contributed by atoms with van der Waals surface area (Å²) in [5.74, 6) is 2.39. The molecule has 1 aromatic heterocycles. The second-order valence-electron chi connectivity index (χ2n) is 5.92. The van der Waals surface area contributed by atoms with Gasteiger partial charge in [-0.05, 0) is 24.6 Å². The molecule has 0 fully saturated rings. The van der Waals surface area contributed by atoms with Crippen LogP contribution in [0.25, 0.3) is 0 Å². The minimum atomic E-state index is -0.0328. The summed E-state index contributed by atoms with van der Waals surface area (Å²) in [6, 6.07) is 6.04. The summed E-state index contributed by atoms with van der Waals surface area (Å²) in [6.07, 6.45) is 0.782. The van der Waals surface area contributed by atoms with Crippen LogP contribution in [0.5, 0.6) is 11.5 Å². The summed E-state index contributed by atoms with van der Waals surface area (Å²) in [7, 11) is 3.36. The van der Waals surface area contributed by atoms with E-state index in [0.717, 1.165) is 43.4 Å². The predicted molar refractivity (Wildman–Crippen MR) is 90.6 cm³/mol. The van der Waals surface area contributed by atoms with Crippen molar-refractivity contribution < 1.29 is 9.47 Å². The number of ether oxygens (including phenoxy) is 2. The second kappa shape index (κ2) is 7.09. The lowest BCUT2D eigenvalue weighted by Crippen LogP contribution is -2.29. The molecule has 7 nitrogen and oxygen atoms in total. The Hall–Kier alpha value is -2.28. The van der Waals surface area contributed by atoms with Crippen LogP contribution in [0.4, 0.5) is 0 Å². The molecule has 0 saturated heterocycles. The summed E-state index contributed by atoms with van der Waals surface area (Å²) >= 11 is 0. The van der Waals surface area contributed by atoms with E-state index >= 15 is 0 Å². The smallest absolute Gasteiger partial charge is 0.345 e. The molecule has 1 aliphatic rings. The van der Waals surface area contributed by atoms with Crippen molar-refractivity contribution in [2.45, 2.75) is 26.4 Å². The van der Waals surface area contributed by atoms with Crippen LogP contribution >= 0.6 is 0 Å². The van der Waals surface area contributed by atoms with Crippen LogP contribution in [0.3, 0.4) is 0 Å². The fraction of sp³-hybridized carbons (Fsp3) is 0.529. The average Bonchev–Trinajstić information content (AvgIpc) is 2.73. The summed E-state index contributed by atoms with van der Waals surface area (Å²) < 4.78 is 14.2. The molecular formula is C17H24N4O3. The molecular weight excluding hydrogens is 308 g/mol. The molecule has 0 bridgehead atoms. The highest BCUT2D eigenvalue weighted by atomic mass is 16.5. The van der Waals surface area contributed by atoms with Gasteiger partial charge in [-0.25, -0.2) is 9.48 Å². The minimum Gasteiger partial charge on any atom is -0.493 e. The summed E-state index contributed by atoms with van der Waals surface area (Å²) in [6.45, 7) is 5.77. The lowest BCUT2D eigenvalue weighted by molar-refractivity contribution is 0.268. The van der Waals surface area contributed by atoms with Crippen LogP contribution in [0.1, 0.15) is 18.3 Å². The molecule has 0 saturated carbocycles. The molecule has 0 radical (unpaired) electrons. The summed E-state index contributed by atoms with van der Waals surface area (Å²) in [4.78, 5) is 14.4. The highest BCUT2D eigenvalue weighted by molar-refractivity contribution is 5.42. The first kappa shape index (κ1) is 16.6. The molecule has 1 aliphatic heterocycles. The van der Waals surface area contributed by atoms with E-state index in [-0.39, 0.29) is 5.69 Å². The number of nitrogens with zero attached hydrogens (tertiary/aromatic N) is 4. The van der Waals surface area contributed by atoms with Crippen molar-refractivity contribution in [3.05, 3.63) is 40.1 Å². The molecule has 7 heteroatoms. The normalized spacial score (nSPS) is 15.0. The molecule has 0 spiro atoms. The van der Waals surface area contributed by atoms with Gasteiger partial charge in [0, 0.05) is 39.6 Å². The Bertz CT molecular complexity index is 766. The van der Waals surface area contributed by atoms with Crippen LogP contribution in [0, 0.1) is 0 Å². The fourth-order valence-corrected chi connectivity index (χ4v) is 3.08. The summed E-state index contributed by atoms with van der Waals surface area (Å²) in [5.41, 5.74) is 1.14. The standard InChI is InChI=1S/C17H24N4O3/c1-4-24-14-6-5-13(11-15(14)23-3)12-20-8-7-16-18-19(2)17(22)21(16)10-9-20/h5-6,11H,4,7-10,12H2,1-3H3. The van der Waals surface area contributed by atoms with Crippen molar-refractivity contribution in [1.82, 2.24) is 19.2 Å². The van der Waals surface area contributed by atoms with Crippen LogP contribution in [0.15, 0.2) is 23.0 Å². The predicted octanol–water partition coefficient (Wildman–Crippen LogP) is 1.05. The van der Waals surface area contributed by atoms with E-state index < -0.39 is 0 Å². The van der Waals surface area contributed by atoms with Crippen molar-refractivity contribution in [3.63, 3.8) is 0 Å². The average molecular weight is 332 g/mol. The number of aromatic nitrogens is 3. The lowest BCUT2D eigenvalue weighted by Gasteiger charge is -2.20. The number of hydrogen-bond acceptors (Lipinski definition) is 5. The molecule has 1 aromatic carbocycles. The van der Waals surface area contributed by atoms with Gasteiger partial charge in [-0.15, -0.1) is 0 Å². The van der Waals surface area contributed by atoms with E-state index in [1.54, 1.807) is 18.7 Å². The molecule has 2 aromatic rings. The first-order chi connectivity index (χ1) is 11.6. The fourth-order valence-electron chi connectivity index (χ4n) is 3.08. The Morgan fingerprint density at radius 3 is 2.79 bits per heavy atom. The zero-order valence-electron chi connectivity index (χ0n) is 14.5. The Morgan fingerprint density at radius 1 is 1.21 bits per heavy atom. The van der Waals surface area contributed by atoms with Gasteiger partial charge in [0.25, 0.3) is 0 Å². The number of aryl methyl sites for hydroxylation is 1. The van der Waals surface area contributed by atoms with Gasteiger partial charge >= 0.3 is 5.69 Å². The van der Waals surface area contributed by atoms with E-state index in [2.05, 4.69) is 16.1 Å². The van der Waals surface area contributed by atoms with Gasteiger partial charge in [-0.3, -0.25) is 9.47 Å². The third-order valence-corrected chi connectivity index (χ3v) is 4.31. The largest absolute Gasteiger partial charge is 0.493 e. The lowest BCUT2D eigenvalue weighted by atomic mass is 10.2. The Morgan fingerprint density at radius 2 is 2.04 bits per heavy atom. The quantitative estimate of drug-likeness (QED) is 0.819. The van der Waals surface area contributed by atoms with E-state index in [9.17, 15) is 4.79 Å². The maximum absolute atomic E-state index is 12.0. The van der Waals surface area contributed by atoms with Gasteiger partial charge in [0.05, 0.1) is 13.7 Å². The van der Waals surface area contributed by atoms with E-state index in [0.29, 0.717) is 13.2 Å². The van der Waals surface area contributed by atoms with Crippen LogP contribution in [0.2, 0.25) is 0 Å². The number of hydrogen-bond donors (Lipinski definition) is 0. The zero-order chi connectivity index (χ0) is 17.1. The topological polar surface area (TPSA) is 61.5 Å². The van der Waals surface area contributed by atoms with E-state index in [4.69, 9.17) is 9.47 Å². The summed E-state index contributed by atoms with van der Waals surface area (Å²) in [5, 5.41) is 4.32. The van der Waals surface area contributed by atoms with Crippen LogP contribution in [-0.2, 0) is 26.6 Å².